The third-order valence-corrected chi connectivity index (χ3v) is 4.65. The molecule has 4 rings (SSSR count). The molecule has 2 aliphatic rings. The van der Waals surface area contributed by atoms with Gasteiger partial charge in [-0.25, -0.2) is 14.7 Å². The van der Waals surface area contributed by atoms with E-state index < -0.39 is 12.1 Å². The summed E-state index contributed by atoms with van der Waals surface area (Å²) in [6.45, 7) is 0.940. The van der Waals surface area contributed by atoms with Crippen LogP contribution < -0.4 is 4.90 Å². The van der Waals surface area contributed by atoms with E-state index in [1.165, 1.54) is 23.5 Å². The maximum atomic E-state index is 12.7. The molecule has 2 saturated heterocycles. The van der Waals surface area contributed by atoms with Crippen LogP contribution in [0.3, 0.4) is 0 Å². The van der Waals surface area contributed by atoms with E-state index in [4.69, 9.17) is 0 Å². The fraction of sp³-hybridized carbons (Fsp3) is 0.278. The average Bonchev–Trinajstić information content (AvgIpc) is 2.93. The molecule has 0 radical (unpaired) electrons. The highest BCUT2D eigenvalue weighted by molar-refractivity contribution is 6.21. The van der Waals surface area contributed by atoms with Gasteiger partial charge in [0.25, 0.3) is 5.91 Å². The number of amides is 4. The van der Waals surface area contributed by atoms with E-state index in [9.17, 15) is 14.4 Å². The molecule has 8 heteroatoms. The monoisotopic (exact) mass is 351 g/mol. The van der Waals surface area contributed by atoms with Gasteiger partial charge in [-0.05, 0) is 5.56 Å². The molecule has 1 unspecified atom stereocenters. The van der Waals surface area contributed by atoms with E-state index in [1.807, 2.05) is 30.3 Å². The van der Waals surface area contributed by atoms with Crippen LogP contribution in [0.15, 0.2) is 48.9 Å². The second kappa shape index (κ2) is 6.55. The lowest BCUT2D eigenvalue weighted by Gasteiger charge is -2.35. The normalized spacial score (nSPS) is 19.7. The second-order valence-corrected chi connectivity index (χ2v) is 6.23. The number of aromatic nitrogens is 2. The van der Waals surface area contributed by atoms with Gasteiger partial charge in [0, 0.05) is 25.5 Å². The minimum Gasteiger partial charge on any atom is -0.338 e. The van der Waals surface area contributed by atoms with Crippen LogP contribution in [0.4, 0.5) is 10.6 Å². The summed E-state index contributed by atoms with van der Waals surface area (Å²) in [4.78, 5) is 50.0. The topological polar surface area (TPSA) is 86.7 Å². The van der Waals surface area contributed by atoms with E-state index in [1.54, 1.807) is 4.90 Å². The van der Waals surface area contributed by atoms with Crippen molar-refractivity contribution in [1.82, 2.24) is 19.8 Å². The fourth-order valence-electron chi connectivity index (χ4n) is 3.32. The molecule has 0 aliphatic carbocycles. The zero-order valence-electron chi connectivity index (χ0n) is 14.0. The molecule has 1 aromatic carbocycles. The summed E-state index contributed by atoms with van der Waals surface area (Å²) >= 11 is 0. The van der Waals surface area contributed by atoms with Crippen molar-refractivity contribution in [2.75, 3.05) is 24.5 Å². The first-order chi connectivity index (χ1) is 12.6. The number of urea groups is 1. The Hall–Kier alpha value is -3.29. The van der Waals surface area contributed by atoms with Crippen molar-refractivity contribution in [2.45, 2.75) is 12.5 Å². The molecule has 3 heterocycles. The Bertz CT molecular complexity index is 842. The van der Waals surface area contributed by atoms with Gasteiger partial charge in [-0.3, -0.25) is 14.6 Å². The van der Waals surface area contributed by atoms with E-state index in [0.29, 0.717) is 13.1 Å². The first-order valence-electron chi connectivity index (χ1n) is 8.37. The molecule has 1 atom stereocenters. The number of carbonyl (C=O) groups is 3. The molecule has 2 aliphatic heterocycles. The lowest BCUT2D eigenvalue weighted by Crippen LogP contribution is -2.55. The van der Waals surface area contributed by atoms with Crippen LogP contribution in [0, 0.1) is 0 Å². The van der Waals surface area contributed by atoms with Gasteiger partial charge in [-0.15, -0.1) is 0 Å². The SMILES string of the molecule is O=C(Cc1ccccc1)N1CCN2C(=O)N(c3cnccn3)C(=O)C2C1. The minimum atomic E-state index is -0.669. The average molecular weight is 351 g/mol. The summed E-state index contributed by atoms with van der Waals surface area (Å²) in [5.74, 6) is -0.208. The summed E-state index contributed by atoms with van der Waals surface area (Å²) in [6, 6.07) is 8.39. The molecule has 26 heavy (non-hydrogen) atoms. The number of carbonyl (C=O) groups excluding carboxylic acids is 3. The highest BCUT2D eigenvalue weighted by Crippen LogP contribution is 2.26. The number of piperazine rings is 1. The molecule has 1 aromatic heterocycles. The zero-order valence-corrected chi connectivity index (χ0v) is 14.0. The standard InChI is InChI=1S/C18H17N5O3/c24-16(10-13-4-2-1-3-5-13)21-8-9-22-14(12-21)17(25)23(18(22)26)15-11-19-6-7-20-15/h1-7,11,14H,8-10,12H2. The summed E-state index contributed by atoms with van der Waals surface area (Å²) in [6.07, 6.45) is 4.57. The van der Waals surface area contributed by atoms with Crippen molar-refractivity contribution in [3.63, 3.8) is 0 Å². The van der Waals surface area contributed by atoms with Crippen LogP contribution in [0.5, 0.6) is 0 Å². The summed E-state index contributed by atoms with van der Waals surface area (Å²) in [5, 5.41) is 0. The van der Waals surface area contributed by atoms with Crippen molar-refractivity contribution in [3.8, 4) is 0 Å². The van der Waals surface area contributed by atoms with E-state index in [0.717, 1.165) is 10.5 Å². The van der Waals surface area contributed by atoms with Crippen LogP contribution in [-0.2, 0) is 16.0 Å². The smallest absolute Gasteiger partial charge is 0.333 e. The highest BCUT2D eigenvalue weighted by Gasteiger charge is 2.49. The number of hydrogen-bond donors (Lipinski definition) is 0. The van der Waals surface area contributed by atoms with Gasteiger partial charge in [-0.1, -0.05) is 30.3 Å². The van der Waals surface area contributed by atoms with Crippen LogP contribution >= 0.6 is 0 Å². The Labute approximate surface area is 150 Å². The first kappa shape index (κ1) is 16.2. The quantitative estimate of drug-likeness (QED) is 0.760. The number of imide groups is 1. The zero-order chi connectivity index (χ0) is 18.1. The first-order valence-corrected chi connectivity index (χ1v) is 8.37. The summed E-state index contributed by atoms with van der Waals surface area (Å²) in [7, 11) is 0. The highest BCUT2D eigenvalue weighted by atomic mass is 16.2. The van der Waals surface area contributed by atoms with Gasteiger partial charge in [0.15, 0.2) is 5.82 Å². The Morgan fingerprint density at radius 1 is 1.12 bits per heavy atom. The van der Waals surface area contributed by atoms with Crippen molar-refractivity contribution in [2.24, 2.45) is 0 Å². The Morgan fingerprint density at radius 3 is 2.65 bits per heavy atom. The molecule has 0 saturated carbocycles. The van der Waals surface area contributed by atoms with E-state index in [2.05, 4.69) is 9.97 Å². The number of nitrogens with zero attached hydrogens (tertiary/aromatic N) is 5. The number of anilines is 1. The summed E-state index contributed by atoms with van der Waals surface area (Å²) < 4.78 is 0. The molecule has 8 nitrogen and oxygen atoms in total. The Morgan fingerprint density at radius 2 is 1.92 bits per heavy atom. The van der Waals surface area contributed by atoms with Crippen molar-refractivity contribution >= 4 is 23.7 Å². The molecule has 0 bridgehead atoms. The van der Waals surface area contributed by atoms with Crippen molar-refractivity contribution in [1.29, 1.82) is 0 Å². The van der Waals surface area contributed by atoms with Gasteiger partial charge in [0.05, 0.1) is 19.2 Å². The Kier molecular flexibility index (Phi) is 4.08. The predicted molar refractivity (Wildman–Crippen MR) is 92.1 cm³/mol. The van der Waals surface area contributed by atoms with Crippen LogP contribution in [0.25, 0.3) is 0 Å². The Balaban J connectivity index is 1.49. The number of fused-ring (bicyclic) bond motifs is 1. The van der Waals surface area contributed by atoms with Crippen molar-refractivity contribution < 1.29 is 14.4 Å². The van der Waals surface area contributed by atoms with Crippen molar-refractivity contribution in [3.05, 3.63) is 54.5 Å². The number of benzene rings is 1. The fourth-order valence-corrected chi connectivity index (χ4v) is 3.32. The largest absolute Gasteiger partial charge is 0.338 e. The molecular weight excluding hydrogens is 334 g/mol. The lowest BCUT2D eigenvalue weighted by molar-refractivity contribution is -0.134. The van der Waals surface area contributed by atoms with Crippen LogP contribution in [-0.4, -0.2) is 63.3 Å². The lowest BCUT2D eigenvalue weighted by atomic mass is 10.1. The maximum absolute atomic E-state index is 12.7. The number of rotatable bonds is 3. The predicted octanol–water partition coefficient (Wildman–Crippen LogP) is 0.699. The minimum absolute atomic E-state index is 0.0472. The molecule has 2 fully saturated rings. The van der Waals surface area contributed by atoms with Gasteiger partial charge in [-0.2, -0.15) is 0 Å². The third-order valence-electron chi connectivity index (χ3n) is 4.65. The molecule has 0 N–H and O–H groups in total. The molecular formula is C18H17N5O3. The second-order valence-electron chi connectivity index (χ2n) is 6.23. The molecule has 2 aromatic rings. The van der Waals surface area contributed by atoms with E-state index in [-0.39, 0.29) is 30.6 Å². The van der Waals surface area contributed by atoms with E-state index >= 15 is 0 Å². The van der Waals surface area contributed by atoms with Crippen LogP contribution in [0.1, 0.15) is 5.56 Å². The summed E-state index contributed by atoms with van der Waals surface area (Å²) in [5.41, 5.74) is 0.926. The molecule has 4 amide bonds. The van der Waals surface area contributed by atoms with Gasteiger partial charge >= 0.3 is 6.03 Å². The maximum Gasteiger partial charge on any atom is 0.333 e. The third kappa shape index (κ3) is 2.79. The molecule has 132 valence electrons. The number of hydrogen-bond acceptors (Lipinski definition) is 5. The molecule has 0 spiro atoms. The van der Waals surface area contributed by atoms with Crippen LogP contribution in [0.2, 0.25) is 0 Å². The van der Waals surface area contributed by atoms with Gasteiger partial charge < -0.3 is 9.80 Å². The van der Waals surface area contributed by atoms with Gasteiger partial charge in [0.2, 0.25) is 5.91 Å². The van der Waals surface area contributed by atoms with Gasteiger partial charge in [0.1, 0.15) is 6.04 Å².